The molecule has 0 radical (unpaired) electrons. The summed E-state index contributed by atoms with van der Waals surface area (Å²) in [6, 6.07) is 10.2. The highest BCUT2D eigenvalue weighted by atomic mass is 14.9. The van der Waals surface area contributed by atoms with Crippen LogP contribution in [0.4, 0.5) is 0 Å². The Labute approximate surface area is 120 Å². The smallest absolute Gasteiger partial charge is 0.205 e. The van der Waals surface area contributed by atoms with Gasteiger partial charge in [-0.05, 0) is 19.1 Å². The van der Waals surface area contributed by atoms with E-state index < -0.39 is 0 Å². The molecule has 0 aliphatic rings. The number of allylic oxidation sites excluding steroid dienone is 5. The standard InChI is InChI=1S/C18H19N2/c1-3-4-5-6-7-10-17-15-16(12-14-20(17)2)18-11-8-9-13-19-18/h3-15H,1-2H3/q+1. The molecule has 2 aromatic rings. The highest BCUT2D eigenvalue weighted by Gasteiger charge is 2.06. The molecule has 0 atom stereocenters. The Morgan fingerprint density at radius 3 is 2.65 bits per heavy atom. The van der Waals surface area contributed by atoms with Crippen LogP contribution in [0.2, 0.25) is 0 Å². The minimum atomic E-state index is 0.993. The highest BCUT2D eigenvalue weighted by Crippen LogP contribution is 2.16. The first-order valence-electron chi connectivity index (χ1n) is 6.68. The van der Waals surface area contributed by atoms with Gasteiger partial charge in [0.05, 0.1) is 5.69 Å². The second-order valence-electron chi connectivity index (χ2n) is 4.44. The largest absolute Gasteiger partial charge is 0.256 e. The van der Waals surface area contributed by atoms with Crippen LogP contribution in [0.1, 0.15) is 12.6 Å². The number of hydrogen-bond acceptors (Lipinski definition) is 1. The Morgan fingerprint density at radius 2 is 1.90 bits per heavy atom. The minimum Gasteiger partial charge on any atom is -0.256 e. The molecule has 20 heavy (non-hydrogen) atoms. The van der Waals surface area contributed by atoms with E-state index >= 15 is 0 Å². The van der Waals surface area contributed by atoms with Gasteiger partial charge in [-0.3, -0.25) is 4.98 Å². The van der Waals surface area contributed by atoms with E-state index in [2.05, 4.69) is 34.0 Å². The van der Waals surface area contributed by atoms with E-state index in [4.69, 9.17) is 0 Å². The third kappa shape index (κ3) is 3.75. The van der Waals surface area contributed by atoms with Crippen LogP contribution in [0.15, 0.2) is 73.1 Å². The molecule has 2 heteroatoms. The zero-order chi connectivity index (χ0) is 14.2. The van der Waals surface area contributed by atoms with Gasteiger partial charge in [-0.2, -0.15) is 0 Å². The van der Waals surface area contributed by atoms with Gasteiger partial charge in [-0.15, -0.1) is 0 Å². The van der Waals surface area contributed by atoms with Crippen molar-refractivity contribution in [1.82, 2.24) is 4.98 Å². The van der Waals surface area contributed by atoms with Crippen LogP contribution in [-0.4, -0.2) is 4.98 Å². The predicted octanol–water partition coefficient (Wildman–Crippen LogP) is 3.72. The first-order valence-corrected chi connectivity index (χ1v) is 6.68. The van der Waals surface area contributed by atoms with Crippen molar-refractivity contribution >= 4 is 6.08 Å². The van der Waals surface area contributed by atoms with Gasteiger partial charge in [-0.25, -0.2) is 4.57 Å². The summed E-state index contributed by atoms with van der Waals surface area (Å²) in [6.07, 6.45) is 16.0. The Morgan fingerprint density at radius 1 is 1.05 bits per heavy atom. The topological polar surface area (TPSA) is 16.8 Å². The predicted molar refractivity (Wildman–Crippen MR) is 83.8 cm³/mol. The van der Waals surface area contributed by atoms with Crippen molar-refractivity contribution in [3.8, 4) is 11.3 Å². The van der Waals surface area contributed by atoms with Crippen LogP contribution in [0.5, 0.6) is 0 Å². The SMILES string of the molecule is CC=CC=CC=Cc1cc(-c2ccccn2)cc[n+]1C. The number of aryl methyl sites for hydroxylation is 1. The quantitative estimate of drug-likeness (QED) is 0.607. The van der Waals surface area contributed by atoms with Gasteiger partial charge in [0.15, 0.2) is 6.20 Å². The fraction of sp³-hybridized carbons (Fsp3) is 0.111. The second-order valence-corrected chi connectivity index (χ2v) is 4.44. The van der Waals surface area contributed by atoms with Gasteiger partial charge in [0, 0.05) is 30.0 Å². The van der Waals surface area contributed by atoms with E-state index in [1.54, 1.807) is 0 Å². The van der Waals surface area contributed by atoms with Crippen LogP contribution < -0.4 is 4.57 Å². The minimum absolute atomic E-state index is 0.993. The summed E-state index contributed by atoms with van der Waals surface area (Å²) >= 11 is 0. The van der Waals surface area contributed by atoms with E-state index in [1.807, 2.05) is 68.7 Å². The van der Waals surface area contributed by atoms with Gasteiger partial charge in [0.25, 0.3) is 0 Å². The average Bonchev–Trinajstić information content (AvgIpc) is 2.49. The highest BCUT2D eigenvalue weighted by molar-refractivity contribution is 5.61. The molecule has 0 unspecified atom stereocenters. The number of pyridine rings is 2. The maximum absolute atomic E-state index is 4.38. The fourth-order valence-electron chi connectivity index (χ4n) is 1.84. The number of nitrogens with zero attached hydrogens (tertiary/aromatic N) is 2. The Bertz CT molecular complexity index is 638. The first-order chi connectivity index (χ1) is 9.81. The summed E-state index contributed by atoms with van der Waals surface area (Å²) in [4.78, 5) is 4.38. The molecule has 0 saturated carbocycles. The molecule has 2 rings (SSSR count). The summed E-state index contributed by atoms with van der Waals surface area (Å²) < 4.78 is 2.09. The molecular formula is C18H19N2+. The normalized spacial score (nSPS) is 11.9. The lowest BCUT2D eigenvalue weighted by molar-refractivity contribution is -0.673. The van der Waals surface area contributed by atoms with E-state index in [9.17, 15) is 0 Å². The van der Waals surface area contributed by atoms with Crippen molar-refractivity contribution in [3.05, 3.63) is 78.8 Å². The zero-order valence-corrected chi connectivity index (χ0v) is 11.9. The molecular weight excluding hydrogens is 244 g/mol. The molecule has 100 valence electrons. The Hall–Kier alpha value is -2.48. The van der Waals surface area contributed by atoms with Crippen molar-refractivity contribution in [1.29, 1.82) is 0 Å². The maximum atomic E-state index is 4.38. The molecule has 0 fully saturated rings. The van der Waals surface area contributed by atoms with Crippen molar-refractivity contribution in [2.24, 2.45) is 7.05 Å². The van der Waals surface area contributed by atoms with Gasteiger partial charge >= 0.3 is 0 Å². The third-order valence-electron chi connectivity index (χ3n) is 2.94. The van der Waals surface area contributed by atoms with Crippen molar-refractivity contribution in [3.63, 3.8) is 0 Å². The molecule has 2 heterocycles. The van der Waals surface area contributed by atoms with Crippen molar-refractivity contribution in [2.45, 2.75) is 6.92 Å². The van der Waals surface area contributed by atoms with E-state index in [0.717, 1.165) is 17.0 Å². The van der Waals surface area contributed by atoms with Crippen LogP contribution in [0, 0.1) is 0 Å². The summed E-state index contributed by atoms with van der Waals surface area (Å²) in [5.74, 6) is 0. The van der Waals surface area contributed by atoms with Gasteiger partial charge in [0.2, 0.25) is 5.69 Å². The molecule has 0 spiro atoms. The van der Waals surface area contributed by atoms with Crippen molar-refractivity contribution in [2.75, 3.05) is 0 Å². The van der Waals surface area contributed by atoms with E-state index in [1.165, 1.54) is 0 Å². The van der Waals surface area contributed by atoms with E-state index in [-0.39, 0.29) is 0 Å². The van der Waals surface area contributed by atoms with E-state index in [0.29, 0.717) is 0 Å². The number of aromatic nitrogens is 2. The van der Waals surface area contributed by atoms with Crippen LogP contribution >= 0.6 is 0 Å². The van der Waals surface area contributed by atoms with Crippen LogP contribution in [-0.2, 0) is 7.05 Å². The van der Waals surface area contributed by atoms with Crippen LogP contribution in [0.3, 0.4) is 0 Å². The zero-order valence-electron chi connectivity index (χ0n) is 11.9. The number of rotatable bonds is 4. The van der Waals surface area contributed by atoms with Gasteiger partial charge < -0.3 is 0 Å². The molecule has 0 aromatic carbocycles. The van der Waals surface area contributed by atoms with Gasteiger partial charge in [0.1, 0.15) is 7.05 Å². The maximum Gasteiger partial charge on any atom is 0.205 e. The second kappa shape index (κ2) is 7.19. The summed E-state index contributed by atoms with van der Waals surface area (Å²) in [5.41, 5.74) is 3.26. The molecule has 0 saturated heterocycles. The lowest BCUT2D eigenvalue weighted by Gasteiger charge is -2.00. The Kier molecular flexibility index (Phi) is 5.01. The molecule has 0 bridgehead atoms. The Balaban J connectivity index is 2.26. The molecule has 0 amide bonds. The molecule has 2 aromatic heterocycles. The summed E-state index contributed by atoms with van der Waals surface area (Å²) in [7, 11) is 2.04. The average molecular weight is 263 g/mol. The first kappa shape index (κ1) is 13.9. The lowest BCUT2D eigenvalue weighted by atomic mass is 10.1. The van der Waals surface area contributed by atoms with Crippen molar-refractivity contribution < 1.29 is 4.57 Å². The monoisotopic (exact) mass is 263 g/mol. The fourth-order valence-corrected chi connectivity index (χ4v) is 1.84. The van der Waals surface area contributed by atoms with Crippen LogP contribution in [0.25, 0.3) is 17.3 Å². The summed E-state index contributed by atoms with van der Waals surface area (Å²) in [6.45, 7) is 2.00. The molecule has 2 nitrogen and oxygen atoms in total. The molecule has 0 N–H and O–H groups in total. The summed E-state index contributed by atoms with van der Waals surface area (Å²) in [5, 5.41) is 0. The molecule has 0 aliphatic carbocycles. The molecule has 0 aliphatic heterocycles. The van der Waals surface area contributed by atoms with Gasteiger partial charge in [-0.1, -0.05) is 36.4 Å². The third-order valence-corrected chi connectivity index (χ3v) is 2.94. The lowest BCUT2D eigenvalue weighted by Crippen LogP contribution is -2.30. The number of hydrogen-bond donors (Lipinski definition) is 0.